The summed E-state index contributed by atoms with van der Waals surface area (Å²) < 4.78 is 0. The van der Waals surface area contributed by atoms with Gasteiger partial charge in [0.2, 0.25) is 0 Å². The lowest BCUT2D eigenvalue weighted by Gasteiger charge is -2.42. The van der Waals surface area contributed by atoms with E-state index in [2.05, 4.69) is 113 Å². The van der Waals surface area contributed by atoms with Crippen molar-refractivity contribution in [3.05, 3.63) is 120 Å². The fraction of sp³-hybridized carbons (Fsp3) is 0.231. The fourth-order valence-corrected chi connectivity index (χ4v) is 4.30. The maximum Gasteiger partial charge on any atom is 0.0602 e. The Morgan fingerprint density at radius 3 is 1.39 bits per heavy atom. The summed E-state index contributed by atoms with van der Waals surface area (Å²) in [6, 6.07) is 33.1. The van der Waals surface area contributed by atoms with Gasteiger partial charge in [0.05, 0.1) is 12.1 Å². The molecule has 0 unspecified atom stereocenters. The Bertz CT molecular complexity index is 813. The van der Waals surface area contributed by atoms with Gasteiger partial charge in [0.15, 0.2) is 0 Å². The van der Waals surface area contributed by atoms with Crippen LogP contribution in [0, 0.1) is 0 Å². The van der Waals surface area contributed by atoms with Crippen molar-refractivity contribution in [2.24, 2.45) is 0 Å². The van der Waals surface area contributed by atoms with Crippen LogP contribution < -0.4 is 0 Å². The van der Waals surface area contributed by atoms with Gasteiger partial charge in [0, 0.05) is 26.2 Å². The molecule has 1 aliphatic rings. The Morgan fingerprint density at radius 2 is 0.964 bits per heavy atom. The van der Waals surface area contributed by atoms with E-state index in [9.17, 15) is 0 Å². The molecular weight excluding hydrogens is 340 g/mol. The van der Waals surface area contributed by atoms with Crippen molar-refractivity contribution in [3.8, 4) is 0 Å². The quantitative estimate of drug-likeness (QED) is 0.543. The van der Waals surface area contributed by atoms with Crippen molar-refractivity contribution in [3.63, 3.8) is 0 Å². The van der Waals surface area contributed by atoms with Crippen LogP contribution in [-0.4, -0.2) is 36.0 Å². The van der Waals surface area contributed by atoms with Gasteiger partial charge in [0.1, 0.15) is 0 Å². The van der Waals surface area contributed by atoms with Crippen LogP contribution >= 0.6 is 0 Å². The van der Waals surface area contributed by atoms with E-state index in [4.69, 9.17) is 0 Å². The molecule has 2 heteroatoms. The van der Waals surface area contributed by atoms with Crippen molar-refractivity contribution in [2.75, 3.05) is 26.2 Å². The lowest BCUT2D eigenvalue weighted by atomic mass is 9.96. The van der Waals surface area contributed by atoms with Crippen molar-refractivity contribution in [2.45, 2.75) is 12.1 Å². The smallest absolute Gasteiger partial charge is 0.0602 e. The zero-order valence-corrected chi connectivity index (χ0v) is 16.3. The maximum absolute atomic E-state index is 4.11. The highest BCUT2D eigenvalue weighted by Gasteiger charge is 2.28. The SMILES string of the molecule is C=C[C@H](c1ccccc1)N1CCN(C(c2ccccc2)c2ccccc2)CC1. The van der Waals surface area contributed by atoms with Gasteiger partial charge in [-0.1, -0.05) is 97.1 Å². The average molecular weight is 369 g/mol. The molecule has 1 fully saturated rings. The molecule has 0 spiro atoms. The van der Waals surface area contributed by atoms with Crippen LogP contribution in [0.1, 0.15) is 28.8 Å². The maximum atomic E-state index is 4.11. The Morgan fingerprint density at radius 1 is 0.571 bits per heavy atom. The predicted molar refractivity (Wildman–Crippen MR) is 117 cm³/mol. The fourth-order valence-electron chi connectivity index (χ4n) is 4.30. The second kappa shape index (κ2) is 9.01. The Kier molecular flexibility index (Phi) is 6.01. The molecule has 0 aliphatic carbocycles. The molecule has 0 aromatic heterocycles. The molecule has 4 rings (SSSR count). The third kappa shape index (κ3) is 4.09. The molecule has 0 N–H and O–H groups in total. The predicted octanol–water partition coefficient (Wildman–Crippen LogP) is 5.32. The molecular formula is C26H28N2. The van der Waals surface area contributed by atoms with Crippen LogP contribution in [0.4, 0.5) is 0 Å². The molecule has 3 aromatic carbocycles. The highest BCUT2D eigenvalue weighted by molar-refractivity contribution is 5.32. The van der Waals surface area contributed by atoms with Gasteiger partial charge in [-0.05, 0) is 16.7 Å². The molecule has 0 bridgehead atoms. The summed E-state index contributed by atoms with van der Waals surface area (Å²) >= 11 is 0. The molecule has 1 aliphatic heterocycles. The molecule has 0 amide bonds. The summed E-state index contributed by atoms with van der Waals surface area (Å²) in [5, 5.41) is 0. The van der Waals surface area contributed by atoms with E-state index in [0.29, 0.717) is 6.04 Å². The van der Waals surface area contributed by atoms with Gasteiger partial charge in [-0.3, -0.25) is 9.80 Å². The zero-order chi connectivity index (χ0) is 19.2. The minimum Gasteiger partial charge on any atom is -0.290 e. The number of nitrogens with zero attached hydrogens (tertiary/aromatic N) is 2. The lowest BCUT2D eigenvalue weighted by molar-refractivity contribution is 0.0920. The molecule has 0 radical (unpaired) electrons. The van der Waals surface area contributed by atoms with E-state index < -0.39 is 0 Å². The molecule has 2 nitrogen and oxygen atoms in total. The van der Waals surface area contributed by atoms with Crippen molar-refractivity contribution in [1.29, 1.82) is 0 Å². The number of hydrogen-bond acceptors (Lipinski definition) is 2. The topological polar surface area (TPSA) is 6.48 Å². The third-order valence-corrected chi connectivity index (χ3v) is 5.70. The minimum atomic E-state index is 0.287. The van der Waals surface area contributed by atoms with Crippen molar-refractivity contribution >= 4 is 0 Å². The summed E-state index contributed by atoms with van der Waals surface area (Å²) in [5.74, 6) is 0. The van der Waals surface area contributed by atoms with Crippen LogP contribution in [0.15, 0.2) is 104 Å². The average Bonchev–Trinajstić information content (AvgIpc) is 2.78. The van der Waals surface area contributed by atoms with Gasteiger partial charge < -0.3 is 0 Å². The highest BCUT2D eigenvalue weighted by atomic mass is 15.3. The van der Waals surface area contributed by atoms with Gasteiger partial charge in [0.25, 0.3) is 0 Å². The van der Waals surface area contributed by atoms with E-state index in [-0.39, 0.29) is 6.04 Å². The summed E-state index contributed by atoms with van der Waals surface area (Å²) in [5.41, 5.74) is 4.06. The summed E-state index contributed by atoms with van der Waals surface area (Å²) in [6.07, 6.45) is 2.08. The van der Waals surface area contributed by atoms with Crippen molar-refractivity contribution in [1.82, 2.24) is 9.80 Å². The molecule has 1 atom stereocenters. The van der Waals surface area contributed by atoms with Crippen LogP contribution in [0.5, 0.6) is 0 Å². The van der Waals surface area contributed by atoms with Crippen LogP contribution in [0.25, 0.3) is 0 Å². The largest absolute Gasteiger partial charge is 0.290 e. The first-order valence-electron chi connectivity index (χ1n) is 10.1. The first kappa shape index (κ1) is 18.7. The van der Waals surface area contributed by atoms with E-state index in [0.717, 1.165) is 26.2 Å². The van der Waals surface area contributed by atoms with Crippen LogP contribution in [0.2, 0.25) is 0 Å². The standard InChI is InChI=1S/C26H28N2/c1-2-25(22-12-6-3-7-13-22)27-18-20-28(21-19-27)26(23-14-8-4-9-15-23)24-16-10-5-11-17-24/h2-17,25-26H,1,18-21H2/t25-/m1/s1. The zero-order valence-electron chi connectivity index (χ0n) is 16.3. The highest BCUT2D eigenvalue weighted by Crippen LogP contribution is 2.31. The second-order valence-electron chi connectivity index (χ2n) is 7.39. The first-order chi connectivity index (χ1) is 13.9. The van der Waals surface area contributed by atoms with Crippen molar-refractivity contribution < 1.29 is 0 Å². The molecule has 0 saturated carbocycles. The molecule has 1 saturated heterocycles. The molecule has 1 heterocycles. The first-order valence-corrected chi connectivity index (χ1v) is 10.1. The minimum absolute atomic E-state index is 0.287. The Balaban J connectivity index is 1.53. The monoisotopic (exact) mass is 368 g/mol. The van der Waals surface area contributed by atoms with Gasteiger partial charge in [-0.15, -0.1) is 6.58 Å². The summed E-state index contributed by atoms with van der Waals surface area (Å²) in [4.78, 5) is 5.16. The second-order valence-corrected chi connectivity index (χ2v) is 7.39. The van der Waals surface area contributed by atoms with E-state index >= 15 is 0 Å². The number of hydrogen-bond donors (Lipinski definition) is 0. The number of benzene rings is 3. The Labute approximate surface area is 168 Å². The molecule has 28 heavy (non-hydrogen) atoms. The van der Waals surface area contributed by atoms with E-state index in [1.807, 2.05) is 0 Å². The summed E-state index contributed by atoms with van der Waals surface area (Å²) in [6.45, 7) is 8.29. The number of piperazine rings is 1. The lowest BCUT2D eigenvalue weighted by Crippen LogP contribution is -2.48. The van der Waals surface area contributed by atoms with Gasteiger partial charge in [-0.25, -0.2) is 0 Å². The Hall–Kier alpha value is -2.68. The summed E-state index contributed by atoms with van der Waals surface area (Å²) in [7, 11) is 0. The van der Waals surface area contributed by atoms with E-state index in [1.54, 1.807) is 0 Å². The van der Waals surface area contributed by atoms with Crippen LogP contribution in [-0.2, 0) is 0 Å². The molecule has 142 valence electrons. The van der Waals surface area contributed by atoms with E-state index in [1.165, 1.54) is 16.7 Å². The number of rotatable bonds is 6. The van der Waals surface area contributed by atoms with Gasteiger partial charge >= 0.3 is 0 Å². The third-order valence-electron chi connectivity index (χ3n) is 5.70. The van der Waals surface area contributed by atoms with Crippen LogP contribution in [0.3, 0.4) is 0 Å². The molecule has 3 aromatic rings. The normalized spacial score (nSPS) is 16.8. The van der Waals surface area contributed by atoms with Gasteiger partial charge in [-0.2, -0.15) is 0 Å².